The van der Waals surface area contributed by atoms with E-state index in [-0.39, 0.29) is 30.2 Å². The first-order chi connectivity index (χ1) is 12.2. The van der Waals surface area contributed by atoms with Crippen molar-refractivity contribution in [1.82, 2.24) is 0 Å². The highest BCUT2D eigenvalue weighted by Crippen LogP contribution is 2.37. The first-order valence-corrected chi connectivity index (χ1v) is 7.64. The van der Waals surface area contributed by atoms with E-state index in [4.69, 9.17) is 9.47 Å². The number of halogens is 3. The molecule has 1 aliphatic rings. The fourth-order valence-corrected chi connectivity index (χ4v) is 2.53. The molecule has 0 saturated carbocycles. The van der Waals surface area contributed by atoms with Crippen LogP contribution >= 0.6 is 0 Å². The second-order valence-corrected chi connectivity index (χ2v) is 5.73. The molecule has 0 aliphatic carbocycles. The summed E-state index contributed by atoms with van der Waals surface area (Å²) in [5, 5.41) is 2.60. The van der Waals surface area contributed by atoms with Crippen LogP contribution in [0.25, 0.3) is 0 Å². The van der Waals surface area contributed by atoms with Crippen molar-refractivity contribution >= 4 is 17.4 Å². The number of carbonyl (C=O) groups is 2. The SMILES string of the molecule is CC(=O)c1cc2c(cc1NC(=O)Cc1ccc(C(F)(F)F)cc1)OCO2. The largest absolute Gasteiger partial charge is 0.454 e. The molecule has 5 nitrogen and oxygen atoms in total. The van der Waals surface area contributed by atoms with Crippen LogP contribution in [0.3, 0.4) is 0 Å². The third kappa shape index (κ3) is 3.79. The lowest BCUT2D eigenvalue weighted by molar-refractivity contribution is -0.137. The van der Waals surface area contributed by atoms with Crippen molar-refractivity contribution in [2.45, 2.75) is 19.5 Å². The van der Waals surface area contributed by atoms with Crippen molar-refractivity contribution < 1.29 is 32.2 Å². The van der Waals surface area contributed by atoms with Gasteiger partial charge in [-0.05, 0) is 30.7 Å². The minimum Gasteiger partial charge on any atom is -0.454 e. The Kier molecular flexibility index (Phi) is 4.58. The van der Waals surface area contributed by atoms with Gasteiger partial charge in [-0.25, -0.2) is 0 Å². The summed E-state index contributed by atoms with van der Waals surface area (Å²) < 4.78 is 48.1. The van der Waals surface area contributed by atoms with Gasteiger partial charge in [-0.1, -0.05) is 12.1 Å². The number of alkyl halides is 3. The van der Waals surface area contributed by atoms with Crippen LogP contribution in [-0.4, -0.2) is 18.5 Å². The zero-order chi connectivity index (χ0) is 18.9. The predicted octanol–water partition coefficient (Wildman–Crippen LogP) is 3.82. The molecule has 0 fully saturated rings. The average molecular weight is 365 g/mol. The van der Waals surface area contributed by atoms with E-state index in [0.29, 0.717) is 17.1 Å². The topological polar surface area (TPSA) is 64.6 Å². The number of ether oxygens (including phenoxy) is 2. The molecule has 1 aliphatic heterocycles. The maximum absolute atomic E-state index is 12.6. The third-order valence-electron chi connectivity index (χ3n) is 3.81. The number of benzene rings is 2. The van der Waals surface area contributed by atoms with Gasteiger partial charge in [-0.2, -0.15) is 13.2 Å². The van der Waals surface area contributed by atoms with Crippen molar-refractivity contribution in [1.29, 1.82) is 0 Å². The van der Waals surface area contributed by atoms with E-state index < -0.39 is 17.6 Å². The molecule has 8 heteroatoms. The Hall–Kier alpha value is -3.03. The molecular formula is C18H14F3NO4. The Morgan fingerprint density at radius 1 is 1.08 bits per heavy atom. The molecule has 0 unspecified atom stereocenters. The summed E-state index contributed by atoms with van der Waals surface area (Å²) in [5.41, 5.74) is 0.158. The number of hydrogen-bond acceptors (Lipinski definition) is 4. The number of amides is 1. The molecule has 2 aromatic rings. The summed E-state index contributed by atoms with van der Waals surface area (Å²) in [5.74, 6) is 0.0787. The molecule has 3 rings (SSSR count). The van der Waals surface area contributed by atoms with Crippen LogP contribution < -0.4 is 14.8 Å². The highest BCUT2D eigenvalue weighted by Gasteiger charge is 2.30. The number of fused-ring (bicyclic) bond motifs is 1. The van der Waals surface area contributed by atoms with Gasteiger partial charge in [0.05, 0.1) is 17.7 Å². The highest BCUT2D eigenvalue weighted by atomic mass is 19.4. The molecule has 136 valence electrons. The van der Waals surface area contributed by atoms with E-state index >= 15 is 0 Å². The summed E-state index contributed by atoms with van der Waals surface area (Å²) >= 11 is 0. The Balaban J connectivity index is 1.75. The van der Waals surface area contributed by atoms with Crippen LogP contribution in [0.5, 0.6) is 11.5 Å². The first kappa shape index (κ1) is 17.8. The van der Waals surface area contributed by atoms with E-state index in [0.717, 1.165) is 12.1 Å². The van der Waals surface area contributed by atoms with E-state index in [1.165, 1.54) is 31.2 Å². The number of nitrogens with one attached hydrogen (secondary N) is 1. The van der Waals surface area contributed by atoms with Crippen LogP contribution in [-0.2, 0) is 17.4 Å². The fourth-order valence-electron chi connectivity index (χ4n) is 2.53. The van der Waals surface area contributed by atoms with E-state index in [1.807, 2.05) is 0 Å². The fraction of sp³-hybridized carbons (Fsp3) is 0.222. The molecule has 0 spiro atoms. The molecule has 1 heterocycles. The molecule has 0 aromatic heterocycles. The summed E-state index contributed by atoms with van der Waals surface area (Å²) in [6.07, 6.45) is -4.56. The van der Waals surface area contributed by atoms with E-state index in [9.17, 15) is 22.8 Å². The second kappa shape index (κ2) is 6.70. The molecular weight excluding hydrogens is 351 g/mol. The molecule has 1 N–H and O–H groups in total. The van der Waals surface area contributed by atoms with Gasteiger partial charge in [0.25, 0.3) is 0 Å². The van der Waals surface area contributed by atoms with Gasteiger partial charge in [-0.15, -0.1) is 0 Å². The Morgan fingerprint density at radius 2 is 1.69 bits per heavy atom. The van der Waals surface area contributed by atoms with Crippen LogP contribution in [0.2, 0.25) is 0 Å². The van der Waals surface area contributed by atoms with Gasteiger partial charge >= 0.3 is 6.18 Å². The predicted molar refractivity (Wildman–Crippen MR) is 86.3 cm³/mol. The van der Waals surface area contributed by atoms with Gasteiger partial charge in [0.15, 0.2) is 17.3 Å². The molecule has 0 atom stereocenters. The van der Waals surface area contributed by atoms with E-state index in [1.54, 1.807) is 0 Å². The first-order valence-electron chi connectivity index (χ1n) is 7.64. The van der Waals surface area contributed by atoms with Crippen molar-refractivity contribution in [3.8, 4) is 11.5 Å². The van der Waals surface area contributed by atoms with Gasteiger partial charge in [0, 0.05) is 11.6 Å². The zero-order valence-electron chi connectivity index (χ0n) is 13.6. The van der Waals surface area contributed by atoms with Crippen LogP contribution in [0.1, 0.15) is 28.4 Å². The maximum atomic E-state index is 12.6. The van der Waals surface area contributed by atoms with Crippen LogP contribution in [0, 0.1) is 0 Å². The van der Waals surface area contributed by atoms with Gasteiger partial charge in [0.2, 0.25) is 12.7 Å². The molecule has 2 aromatic carbocycles. The van der Waals surface area contributed by atoms with Crippen LogP contribution in [0.15, 0.2) is 36.4 Å². The molecule has 0 radical (unpaired) electrons. The van der Waals surface area contributed by atoms with Gasteiger partial charge < -0.3 is 14.8 Å². The molecule has 0 saturated heterocycles. The number of Topliss-reactive ketones (excluding diaryl/α,β-unsaturated/α-hetero) is 1. The minimum atomic E-state index is -4.43. The summed E-state index contributed by atoms with van der Waals surface area (Å²) in [4.78, 5) is 24.0. The minimum absolute atomic E-state index is 0.0234. The van der Waals surface area contributed by atoms with Crippen molar-refractivity contribution in [3.05, 3.63) is 53.1 Å². The zero-order valence-corrected chi connectivity index (χ0v) is 13.6. The van der Waals surface area contributed by atoms with Crippen molar-refractivity contribution in [2.75, 3.05) is 12.1 Å². The molecule has 0 bridgehead atoms. The van der Waals surface area contributed by atoms with Gasteiger partial charge in [0.1, 0.15) is 0 Å². The average Bonchev–Trinajstić information content (AvgIpc) is 3.00. The van der Waals surface area contributed by atoms with Crippen molar-refractivity contribution in [3.63, 3.8) is 0 Å². The molecule has 26 heavy (non-hydrogen) atoms. The number of anilines is 1. The number of carbonyl (C=O) groups excluding carboxylic acids is 2. The van der Waals surface area contributed by atoms with Crippen LogP contribution in [0.4, 0.5) is 18.9 Å². The summed E-state index contributed by atoms with van der Waals surface area (Å²) in [6.45, 7) is 1.37. The lowest BCUT2D eigenvalue weighted by atomic mass is 10.1. The maximum Gasteiger partial charge on any atom is 0.416 e. The summed E-state index contributed by atoms with van der Waals surface area (Å²) in [6, 6.07) is 7.30. The normalized spacial score (nSPS) is 12.8. The lowest BCUT2D eigenvalue weighted by Gasteiger charge is -2.11. The van der Waals surface area contributed by atoms with Crippen molar-refractivity contribution in [2.24, 2.45) is 0 Å². The lowest BCUT2D eigenvalue weighted by Crippen LogP contribution is -2.16. The molecule has 1 amide bonds. The number of rotatable bonds is 4. The Labute approximate surface area is 146 Å². The Bertz CT molecular complexity index is 860. The summed E-state index contributed by atoms with van der Waals surface area (Å²) in [7, 11) is 0. The smallest absolute Gasteiger partial charge is 0.416 e. The monoisotopic (exact) mass is 365 g/mol. The Morgan fingerprint density at radius 3 is 2.27 bits per heavy atom. The number of ketones is 1. The second-order valence-electron chi connectivity index (χ2n) is 5.73. The third-order valence-corrected chi connectivity index (χ3v) is 3.81. The van der Waals surface area contributed by atoms with E-state index in [2.05, 4.69) is 5.32 Å². The number of hydrogen-bond donors (Lipinski definition) is 1. The van der Waals surface area contributed by atoms with Gasteiger partial charge in [-0.3, -0.25) is 9.59 Å². The highest BCUT2D eigenvalue weighted by molar-refractivity contribution is 6.04. The quantitative estimate of drug-likeness (QED) is 0.837. The standard InChI is InChI=1S/C18H14F3NO4/c1-10(23)13-7-15-16(26-9-25-15)8-14(13)22-17(24)6-11-2-4-12(5-3-11)18(19,20)21/h2-5,7-8H,6,9H2,1H3,(H,22,24).